The molecule has 1 atom stereocenters. The topological polar surface area (TPSA) is 32.3 Å². The number of carbonyl (C=O) groups is 1. The molecule has 0 saturated carbocycles. The van der Waals surface area contributed by atoms with Crippen LogP contribution in [0.25, 0.3) is 0 Å². The van der Waals surface area contributed by atoms with Crippen molar-refractivity contribution in [2.75, 3.05) is 6.54 Å². The van der Waals surface area contributed by atoms with Crippen molar-refractivity contribution in [3.05, 3.63) is 72.0 Å². The molecule has 0 aromatic rings. The maximum absolute atomic E-state index is 12.1. The van der Waals surface area contributed by atoms with Crippen molar-refractivity contribution in [3.63, 3.8) is 0 Å². The van der Waals surface area contributed by atoms with Crippen LogP contribution in [0.15, 0.2) is 72.0 Å². The van der Waals surface area contributed by atoms with E-state index in [0.29, 0.717) is 6.42 Å². The van der Waals surface area contributed by atoms with E-state index in [1.54, 1.807) is 30.3 Å². The van der Waals surface area contributed by atoms with Crippen molar-refractivity contribution in [1.82, 2.24) is 9.62 Å². The monoisotopic (exact) mass is 416 g/mol. The molecular weight excluding hydrogens is 376 g/mol. The Hall–Kier alpha value is -1.94. The molecule has 0 aromatic heterocycles. The minimum atomic E-state index is -0.129. The molecule has 0 spiro atoms. The van der Waals surface area contributed by atoms with Gasteiger partial charge in [0, 0.05) is 28.8 Å². The summed E-state index contributed by atoms with van der Waals surface area (Å²) in [5, 5.41) is 2.80. The molecule has 0 aliphatic carbocycles. The smallest absolute Gasteiger partial charge is 0.231 e. The highest BCUT2D eigenvalue weighted by atomic mass is 32.2. The van der Waals surface area contributed by atoms with Gasteiger partial charge in [-0.2, -0.15) is 0 Å². The fourth-order valence-corrected chi connectivity index (χ4v) is 4.88. The lowest BCUT2D eigenvalue weighted by Gasteiger charge is -2.26. The van der Waals surface area contributed by atoms with Crippen LogP contribution in [0.4, 0.5) is 0 Å². The summed E-state index contributed by atoms with van der Waals surface area (Å²) in [6, 6.07) is 0. The highest BCUT2D eigenvalue weighted by Gasteiger charge is 2.35. The lowest BCUT2D eigenvalue weighted by atomic mass is 9.85. The number of hydrogen-bond acceptors (Lipinski definition) is 3. The molecule has 2 rings (SSSR count). The third-order valence-corrected chi connectivity index (χ3v) is 6.06. The first-order chi connectivity index (χ1) is 13.7. The van der Waals surface area contributed by atoms with Crippen LogP contribution in [0, 0.1) is 11.3 Å². The molecule has 1 amide bonds. The van der Waals surface area contributed by atoms with Crippen LogP contribution in [0.1, 0.15) is 61.3 Å². The molecule has 0 radical (unpaired) electrons. The van der Waals surface area contributed by atoms with Crippen LogP contribution in [0.2, 0.25) is 0 Å². The summed E-state index contributed by atoms with van der Waals surface area (Å²) in [5.74, 6) is -0.0684. The summed E-state index contributed by atoms with van der Waals surface area (Å²) >= 11 is 1.76. The van der Waals surface area contributed by atoms with Crippen molar-refractivity contribution in [2.45, 2.75) is 61.3 Å². The molecule has 29 heavy (non-hydrogen) atoms. The molecule has 0 aromatic carbocycles. The Morgan fingerprint density at radius 2 is 1.90 bits per heavy atom. The molecule has 1 N–H and O–H groups in total. The molecule has 0 saturated heterocycles. The summed E-state index contributed by atoms with van der Waals surface area (Å²) in [5.41, 5.74) is 4.22. The van der Waals surface area contributed by atoms with Crippen LogP contribution >= 0.6 is 11.9 Å². The van der Waals surface area contributed by atoms with E-state index in [0.717, 1.165) is 18.5 Å². The summed E-state index contributed by atoms with van der Waals surface area (Å²) in [4.78, 5) is 13.3. The van der Waals surface area contributed by atoms with Gasteiger partial charge in [-0.1, -0.05) is 66.0 Å². The molecule has 4 heteroatoms. The van der Waals surface area contributed by atoms with Gasteiger partial charge in [0.15, 0.2) is 0 Å². The van der Waals surface area contributed by atoms with Gasteiger partial charge in [0.1, 0.15) is 0 Å². The van der Waals surface area contributed by atoms with Gasteiger partial charge in [-0.25, -0.2) is 0 Å². The largest absolute Gasteiger partial charge is 0.332 e. The lowest BCUT2D eigenvalue weighted by molar-refractivity contribution is -0.123. The maximum Gasteiger partial charge on any atom is 0.231 e. The van der Waals surface area contributed by atoms with Gasteiger partial charge in [0.05, 0.1) is 5.92 Å². The molecular formula is C25H40N2OS. The van der Waals surface area contributed by atoms with Crippen LogP contribution < -0.4 is 5.32 Å². The molecule has 3 nitrogen and oxygen atoms in total. The van der Waals surface area contributed by atoms with E-state index < -0.39 is 0 Å². The number of nitrogens with zero attached hydrogens (tertiary/aromatic N) is 1. The minimum Gasteiger partial charge on any atom is -0.332 e. The van der Waals surface area contributed by atoms with Crippen molar-refractivity contribution >= 4 is 17.9 Å². The highest BCUT2D eigenvalue weighted by Crippen LogP contribution is 2.45. The average Bonchev–Trinajstić information content (AvgIpc) is 2.92. The van der Waals surface area contributed by atoms with E-state index in [-0.39, 0.29) is 17.2 Å². The van der Waals surface area contributed by atoms with Gasteiger partial charge in [-0.05, 0) is 55.9 Å². The van der Waals surface area contributed by atoms with E-state index in [9.17, 15) is 4.79 Å². The Kier molecular flexibility index (Phi) is 12.4. The maximum atomic E-state index is 12.1. The molecule has 2 heterocycles. The van der Waals surface area contributed by atoms with Gasteiger partial charge in [-0.3, -0.25) is 4.79 Å². The second-order valence-corrected chi connectivity index (χ2v) is 8.57. The summed E-state index contributed by atoms with van der Waals surface area (Å²) in [6.45, 7) is 26.7. The second-order valence-electron chi connectivity index (χ2n) is 7.33. The highest BCUT2D eigenvalue weighted by molar-refractivity contribution is 8.01. The first-order valence-corrected chi connectivity index (χ1v) is 11.2. The summed E-state index contributed by atoms with van der Waals surface area (Å²) < 4.78 is 2.38. The Balaban J connectivity index is 0.00000116. The third-order valence-electron chi connectivity index (χ3n) is 4.92. The molecule has 1 unspecified atom stereocenters. The van der Waals surface area contributed by atoms with Gasteiger partial charge in [0.25, 0.3) is 0 Å². The number of carbonyl (C=O) groups excluding carboxylic acids is 1. The van der Waals surface area contributed by atoms with Crippen molar-refractivity contribution < 1.29 is 4.79 Å². The Morgan fingerprint density at radius 1 is 1.31 bits per heavy atom. The predicted octanol–water partition coefficient (Wildman–Crippen LogP) is 7.15. The molecule has 2 aliphatic rings. The first kappa shape index (κ1) is 27.1. The van der Waals surface area contributed by atoms with E-state index in [1.165, 1.54) is 16.2 Å². The molecule has 0 fully saturated rings. The fraction of sp³-hybridized carbons (Fsp3) is 0.480. The Morgan fingerprint density at radius 3 is 2.34 bits per heavy atom. The quantitative estimate of drug-likeness (QED) is 0.283. The van der Waals surface area contributed by atoms with E-state index in [4.69, 9.17) is 0 Å². The van der Waals surface area contributed by atoms with E-state index in [1.807, 2.05) is 26.0 Å². The van der Waals surface area contributed by atoms with E-state index >= 15 is 0 Å². The van der Waals surface area contributed by atoms with Gasteiger partial charge < -0.3 is 9.62 Å². The predicted molar refractivity (Wildman–Crippen MR) is 131 cm³/mol. The summed E-state index contributed by atoms with van der Waals surface area (Å²) in [7, 11) is 0. The Bertz CT molecular complexity index is 677. The zero-order valence-electron chi connectivity index (χ0n) is 19.5. The average molecular weight is 417 g/mol. The fourth-order valence-electron chi connectivity index (χ4n) is 3.60. The molecule has 162 valence electrons. The van der Waals surface area contributed by atoms with Crippen LogP contribution in [0.3, 0.4) is 0 Å². The van der Waals surface area contributed by atoms with Gasteiger partial charge >= 0.3 is 0 Å². The lowest BCUT2D eigenvalue weighted by Crippen LogP contribution is -2.31. The van der Waals surface area contributed by atoms with Crippen molar-refractivity contribution in [1.29, 1.82) is 0 Å². The number of hydrogen-bond donors (Lipinski definition) is 1. The standard InChI is InChI=1S/C19H28N2OS.C4H6.C2H6/c1-7-9-16-15(10-11-20-18(16)22)14(4)23-21-12-19(5,6)17(8-2)13(21)3;1-3-4-2;1-2/h7,10-11,16H,1,8-9,12H2,2-6H3,(H,20,22);3-4H,1-2H2;1-2H3/b15-14+;;. The first-order valence-electron chi connectivity index (χ1n) is 10.4. The van der Waals surface area contributed by atoms with Crippen LogP contribution in [0.5, 0.6) is 0 Å². The van der Waals surface area contributed by atoms with Crippen LogP contribution in [-0.2, 0) is 4.79 Å². The molecule has 2 aliphatic heterocycles. The minimum absolute atomic E-state index is 0.0608. The SMILES string of the molecule is C=CC=C.C=CCC1C(=O)NC=C/C1=C(/C)SN1CC(C)(C)C(CC)=C1C.CC. The number of amides is 1. The van der Waals surface area contributed by atoms with Crippen molar-refractivity contribution in [2.24, 2.45) is 11.3 Å². The normalized spacial score (nSPS) is 21.3. The number of rotatable bonds is 6. The number of nitrogens with one attached hydrogen (secondary N) is 1. The van der Waals surface area contributed by atoms with Crippen molar-refractivity contribution in [3.8, 4) is 0 Å². The summed E-state index contributed by atoms with van der Waals surface area (Å²) in [6.07, 6.45) is 10.6. The third kappa shape index (κ3) is 7.43. The Labute approximate surface area is 183 Å². The zero-order valence-corrected chi connectivity index (χ0v) is 20.3. The second kappa shape index (κ2) is 13.3. The van der Waals surface area contributed by atoms with Gasteiger partial charge in [0.2, 0.25) is 5.91 Å². The van der Waals surface area contributed by atoms with E-state index in [2.05, 4.69) is 64.0 Å². The number of allylic oxidation sites excluding steroid dienone is 6. The van der Waals surface area contributed by atoms with Crippen LogP contribution in [-0.4, -0.2) is 16.8 Å². The molecule has 0 bridgehead atoms. The zero-order chi connectivity index (χ0) is 22.6. The van der Waals surface area contributed by atoms with Gasteiger partial charge in [-0.15, -0.1) is 6.58 Å².